The number of carbonyl (C=O) groups is 2. The summed E-state index contributed by atoms with van der Waals surface area (Å²) >= 11 is 0. The molecule has 3 atom stereocenters. The van der Waals surface area contributed by atoms with E-state index in [2.05, 4.69) is 5.16 Å². The number of carboxylic acid groups (broad SMARTS) is 1. The van der Waals surface area contributed by atoms with Crippen molar-refractivity contribution in [1.82, 2.24) is 10.1 Å². The first-order chi connectivity index (χ1) is 9.15. The Kier molecular flexibility index (Phi) is 3.00. The molecular weight excluding hydrogens is 248 g/mol. The van der Waals surface area contributed by atoms with Gasteiger partial charge in [0.15, 0.2) is 0 Å². The predicted octanol–water partition coefficient (Wildman–Crippen LogP) is 0.929. The smallest absolute Gasteiger partial charge is 0.308 e. The molecule has 1 saturated carbocycles. The Labute approximate surface area is 110 Å². The van der Waals surface area contributed by atoms with Gasteiger partial charge in [0.25, 0.3) is 0 Å². The van der Waals surface area contributed by atoms with Crippen LogP contribution in [0.15, 0.2) is 16.9 Å². The van der Waals surface area contributed by atoms with Crippen LogP contribution in [0.1, 0.15) is 25.0 Å². The zero-order valence-electron chi connectivity index (χ0n) is 10.5. The largest absolute Gasteiger partial charge is 0.481 e. The number of carbonyl (C=O) groups excluding carboxylic acids is 1. The van der Waals surface area contributed by atoms with Crippen molar-refractivity contribution < 1.29 is 19.2 Å². The van der Waals surface area contributed by atoms with Crippen LogP contribution >= 0.6 is 0 Å². The van der Waals surface area contributed by atoms with Crippen LogP contribution in [0.25, 0.3) is 0 Å². The quantitative estimate of drug-likeness (QED) is 0.878. The minimum atomic E-state index is -0.784. The topological polar surface area (TPSA) is 83.6 Å². The second kappa shape index (κ2) is 4.68. The van der Waals surface area contributed by atoms with Crippen molar-refractivity contribution in [3.05, 3.63) is 18.0 Å². The Morgan fingerprint density at radius 2 is 2.32 bits per heavy atom. The number of carboxylic acids is 1. The standard InChI is InChI=1S/C13H16N2O4/c16-12(6-9-3-4-19-14-9)15-7-8-1-2-11(15)10(5-8)13(17)18/h3-4,8,10-11H,1-2,5-7H2,(H,17,18)/t8-,10-,11+/m1/s1. The highest BCUT2D eigenvalue weighted by Crippen LogP contribution is 2.39. The van der Waals surface area contributed by atoms with Crippen LogP contribution in [0.4, 0.5) is 0 Å². The minimum absolute atomic E-state index is 0.0467. The summed E-state index contributed by atoms with van der Waals surface area (Å²) in [6.07, 6.45) is 4.15. The molecule has 0 aromatic carbocycles. The van der Waals surface area contributed by atoms with Gasteiger partial charge in [-0.25, -0.2) is 0 Å². The monoisotopic (exact) mass is 264 g/mol. The summed E-state index contributed by atoms with van der Waals surface area (Å²) in [5.74, 6) is -0.913. The molecule has 102 valence electrons. The van der Waals surface area contributed by atoms with Crippen molar-refractivity contribution in [3.8, 4) is 0 Å². The Bertz CT molecular complexity index is 485. The fourth-order valence-corrected chi connectivity index (χ4v) is 3.33. The summed E-state index contributed by atoms with van der Waals surface area (Å²) in [5.41, 5.74) is 0.596. The first-order valence-corrected chi connectivity index (χ1v) is 6.56. The van der Waals surface area contributed by atoms with E-state index in [1.165, 1.54) is 6.26 Å². The maximum atomic E-state index is 12.3. The lowest BCUT2D eigenvalue weighted by Crippen LogP contribution is -2.57. The maximum absolute atomic E-state index is 12.3. The van der Waals surface area contributed by atoms with Gasteiger partial charge in [-0.15, -0.1) is 0 Å². The van der Waals surface area contributed by atoms with Crippen LogP contribution in [-0.4, -0.2) is 39.6 Å². The third kappa shape index (κ3) is 2.22. The number of amides is 1. The number of hydrogen-bond donors (Lipinski definition) is 1. The lowest BCUT2D eigenvalue weighted by Gasteiger charge is -2.48. The van der Waals surface area contributed by atoms with Crippen molar-refractivity contribution >= 4 is 11.9 Å². The summed E-state index contributed by atoms with van der Waals surface area (Å²) in [7, 11) is 0. The number of rotatable bonds is 3. The Morgan fingerprint density at radius 1 is 1.47 bits per heavy atom. The molecule has 19 heavy (non-hydrogen) atoms. The SMILES string of the molecule is O=C(O)[C@@H]1C[C@H]2CC[C@@H]1N(C(=O)Cc1ccon1)C2. The molecule has 1 N–H and O–H groups in total. The van der Waals surface area contributed by atoms with Gasteiger partial charge in [0.05, 0.1) is 18.0 Å². The number of aliphatic carboxylic acids is 1. The van der Waals surface area contributed by atoms with Gasteiger partial charge in [-0.3, -0.25) is 9.59 Å². The highest BCUT2D eigenvalue weighted by atomic mass is 16.5. The van der Waals surface area contributed by atoms with Crippen LogP contribution < -0.4 is 0 Å². The van der Waals surface area contributed by atoms with Crippen molar-refractivity contribution in [2.24, 2.45) is 11.8 Å². The summed E-state index contributed by atoms with van der Waals surface area (Å²) < 4.78 is 4.71. The molecule has 2 bridgehead atoms. The first kappa shape index (κ1) is 12.2. The van der Waals surface area contributed by atoms with Gasteiger partial charge >= 0.3 is 5.97 Å². The summed E-state index contributed by atoms with van der Waals surface area (Å²) in [6, 6.07) is 1.51. The van der Waals surface area contributed by atoms with Gasteiger partial charge < -0.3 is 14.5 Å². The molecule has 3 aliphatic rings. The molecule has 3 fully saturated rings. The Morgan fingerprint density at radius 3 is 2.95 bits per heavy atom. The number of fused-ring (bicyclic) bond motifs is 3. The van der Waals surface area contributed by atoms with E-state index >= 15 is 0 Å². The molecule has 0 spiro atoms. The van der Waals surface area contributed by atoms with Gasteiger partial charge in [0.2, 0.25) is 5.91 Å². The molecule has 4 rings (SSSR count). The second-order valence-electron chi connectivity index (χ2n) is 5.40. The van der Waals surface area contributed by atoms with Gasteiger partial charge in [-0.1, -0.05) is 5.16 Å². The second-order valence-corrected chi connectivity index (χ2v) is 5.40. The van der Waals surface area contributed by atoms with Crippen molar-refractivity contribution in [2.75, 3.05) is 6.54 Å². The molecular formula is C13H16N2O4. The zero-order valence-corrected chi connectivity index (χ0v) is 10.5. The minimum Gasteiger partial charge on any atom is -0.481 e. The number of nitrogens with zero attached hydrogens (tertiary/aromatic N) is 2. The van der Waals surface area contributed by atoms with Crippen molar-refractivity contribution in [2.45, 2.75) is 31.7 Å². The number of hydrogen-bond acceptors (Lipinski definition) is 4. The summed E-state index contributed by atoms with van der Waals surface area (Å²) in [5, 5.41) is 13.0. The van der Waals surface area contributed by atoms with Crippen LogP contribution in [0.2, 0.25) is 0 Å². The lowest BCUT2D eigenvalue weighted by atomic mass is 9.72. The predicted molar refractivity (Wildman–Crippen MR) is 64.2 cm³/mol. The Balaban J connectivity index is 1.73. The van der Waals surface area contributed by atoms with Crippen LogP contribution in [0.3, 0.4) is 0 Å². The highest BCUT2D eigenvalue weighted by Gasteiger charge is 2.45. The fourth-order valence-electron chi connectivity index (χ4n) is 3.33. The van der Waals surface area contributed by atoms with E-state index in [1.54, 1.807) is 11.0 Å². The molecule has 2 aliphatic heterocycles. The third-order valence-corrected chi connectivity index (χ3v) is 4.24. The van der Waals surface area contributed by atoms with Crippen LogP contribution in [-0.2, 0) is 16.0 Å². The maximum Gasteiger partial charge on any atom is 0.308 e. The molecule has 6 nitrogen and oxygen atoms in total. The van der Waals surface area contributed by atoms with Gasteiger partial charge in [-0.05, 0) is 25.2 Å². The Hall–Kier alpha value is -1.85. The van der Waals surface area contributed by atoms with E-state index in [0.29, 0.717) is 24.6 Å². The highest BCUT2D eigenvalue weighted by molar-refractivity contribution is 5.80. The summed E-state index contributed by atoms with van der Waals surface area (Å²) in [4.78, 5) is 25.3. The van der Waals surface area contributed by atoms with Crippen molar-refractivity contribution in [3.63, 3.8) is 0 Å². The first-order valence-electron chi connectivity index (χ1n) is 6.56. The molecule has 1 aliphatic carbocycles. The zero-order chi connectivity index (χ0) is 13.4. The normalized spacial score (nSPS) is 29.5. The van der Waals surface area contributed by atoms with Gasteiger partial charge in [0.1, 0.15) is 6.26 Å². The van der Waals surface area contributed by atoms with Gasteiger partial charge in [-0.2, -0.15) is 0 Å². The van der Waals surface area contributed by atoms with Crippen LogP contribution in [0, 0.1) is 11.8 Å². The fraction of sp³-hybridized carbons (Fsp3) is 0.615. The van der Waals surface area contributed by atoms with E-state index < -0.39 is 11.9 Å². The third-order valence-electron chi connectivity index (χ3n) is 4.24. The summed E-state index contributed by atoms with van der Waals surface area (Å²) in [6.45, 7) is 0.686. The molecule has 2 saturated heterocycles. The van der Waals surface area contributed by atoms with E-state index in [1.807, 2.05) is 0 Å². The van der Waals surface area contributed by atoms with E-state index in [9.17, 15) is 14.7 Å². The molecule has 1 aromatic rings. The number of aromatic nitrogens is 1. The lowest BCUT2D eigenvalue weighted by molar-refractivity contribution is -0.155. The van der Waals surface area contributed by atoms with Crippen molar-refractivity contribution in [1.29, 1.82) is 0 Å². The van der Waals surface area contributed by atoms with E-state index in [0.717, 1.165) is 12.8 Å². The molecule has 1 amide bonds. The molecule has 1 aromatic heterocycles. The molecule has 0 unspecified atom stereocenters. The molecule has 3 heterocycles. The van der Waals surface area contributed by atoms with Crippen LogP contribution in [0.5, 0.6) is 0 Å². The number of piperidine rings is 2. The van der Waals surface area contributed by atoms with E-state index in [-0.39, 0.29) is 18.4 Å². The van der Waals surface area contributed by atoms with Gasteiger partial charge in [0, 0.05) is 18.7 Å². The molecule has 0 radical (unpaired) electrons. The van der Waals surface area contributed by atoms with E-state index in [4.69, 9.17) is 4.52 Å². The average Bonchev–Trinajstić information content (AvgIpc) is 2.91. The molecule has 6 heteroatoms. The average molecular weight is 264 g/mol.